The second-order valence-electron chi connectivity index (χ2n) is 2.75. The third-order valence-electron chi connectivity index (χ3n) is 1.86. The van der Waals surface area contributed by atoms with Gasteiger partial charge in [-0.1, -0.05) is 0 Å². The molecule has 0 aliphatic carbocycles. The topological polar surface area (TPSA) is 0 Å². The second-order valence-corrected chi connectivity index (χ2v) is 3.66. The fraction of sp³-hybridized carbons (Fsp3) is 0.111. The molecular weight excluding hydrogens is 216 g/mol. The summed E-state index contributed by atoms with van der Waals surface area (Å²) in [7, 11) is 0. The van der Waals surface area contributed by atoms with Crippen LogP contribution >= 0.6 is 11.3 Å². The van der Waals surface area contributed by atoms with Gasteiger partial charge in [0.15, 0.2) is 0 Å². The maximum absolute atomic E-state index is 13.1. The number of thiophene rings is 1. The molecule has 14 heavy (non-hydrogen) atoms. The maximum Gasteiger partial charge on any atom is 0.264 e. The number of halogens is 4. The zero-order chi connectivity index (χ0) is 10.3. The van der Waals surface area contributed by atoms with E-state index in [9.17, 15) is 17.6 Å². The summed E-state index contributed by atoms with van der Waals surface area (Å²) in [5.41, 5.74) is -0.584. The van der Waals surface area contributed by atoms with E-state index in [1.165, 1.54) is 0 Å². The van der Waals surface area contributed by atoms with E-state index in [1.807, 2.05) is 0 Å². The van der Waals surface area contributed by atoms with Crippen molar-refractivity contribution >= 4 is 21.4 Å². The lowest BCUT2D eigenvalue weighted by Gasteiger charge is -2.02. The van der Waals surface area contributed by atoms with E-state index in [0.29, 0.717) is 6.07 Å². The van der Waals surface area contributed by atoms with Crippen LogP contribution < -0.4 is 0 Å². The average molecular weight is 220 g/mol. The summed E-state index contributed by atoms with van der Waals surface area (Å²) in [6.07, 6.45) is -2.86. The molecule has 0 aliphatic heterocycles. The maximum atomic E-state index is 13.1. The van der Waals surface area contributed by atoms with Gasteiger partial charge in [-0.25, -0.2) is 17.6 Å². The molecule has 0 aliphatic rings. The summed E-state index contributed by atoms with van der Waals surface area (Å²) in [5.74, 6) is -1.49. The van der Waals surface area contributed by atoms with E-state index >= 15 is 0 Å². The lowest BCUT2D eigenvalue weighted by Crippen LogP contribution is -1.88. The fourth-order valence-corrected chi connectivity index (χ4v) is 2.16. The van der Waals surface area contributed by atoms with Crippen molar-refractivity contribution in [2.75, 3.05) is 0 Å². The quantitative estimate of drug-likeness (QED) is 0.634. The Bertz CT molecular complexity index is 475. The first-order chi connectivity index (χ1) is 6.59. The van der Waals surface area contributed by atoms with E-state index in [2.05, 4.69) is 0 Å². The highest BCUT2D eigenvalue weighted by atomic mass is 32.1. The Morgan fingerprint density at radius 2 is 1.86 bits per heavy atom. The Kier molecular flexibility index (Phi) is 2.19. The summed E-state index contributed by atoms with van der Waals surface area (Å²) in [4.78, 5) is 0. The van der Waals surface area contributed by atoms with Crippen molar-refractivity contribution in [2.45, 2.75) is 6.43 Å². The highest BCUT2D eigenvalue weighted by Crippen LogP contribution is 2.34. The second kappa shape index (κ2) is 3.24. The highest BCUT2D eigenvalue weighted by Gasteiger charge is 2.17. The van der Waals surface area contributed by atoms with Gasteiger partial charge in [0, 0.05) is 21.0 Å². The molecule has 74 valence electrons. The van der Waals surface area contributed by atoms with Crippen molar-refractivity contribution in [2.24, 2.45) is 0 Å². The molecule has 0 bridgehead atoms. The number of hydrogen-bond donors (Lipinski definition) is 0. The molecular formula is C9H4F4S. The average Bonchev–Trinajstić information content (AvgIpc) is 2.46. The van der Waals surface area contributed by atoms with Crippen LogP contribution in [0.2, 0.25) is 0 Å². The Morgan fingerprint density at radius 3 is 2.50 bits per heavy atom. The van der Waals surface area contributed by atoms with Crippen LogP contribution in [-0.2, 0) is 0 Å². The number of hydrogen-bond acceptors (Lipinski definition) is 1. The number of fused-ring (bicyclic) bond motifs is 1. The van der Waals surface area contributed by atoms with Gasteiger partial charge in [-0.05, 0) is 12.1 Å². The first-order valence-corrected chi connectivity index (χ1v) is 4.62. The third kappa shape index (κ3) is 1.37. The smallest absolute Gasteiger partial charge is 0.207 e. The van der Waals surface area contributed by atoms with Crippen molar-refractivity contribution in [3.63, 3.8) is 0 Å². The van der Waals surface area contributed by atoms with Gasteiger partial charge in [0.2, 0.25) is 0 Å². The lowest BCUT2D eigenvalue weighted by atomic mass is 10.1. The van der Waals surface area contributed by atoms with Crippen LogP contribution in [0.4, 0.5) is 17.6 Å². The molecule has 0 N–H and O–H groups in total. The molecule has 5 heteroatoms. The predicted molar refractivity (Wildman–Crippen MR) is 46.7 cm³/mol. The van der Waals surface area contributed by atoms with E-state index < -0.39 is 23.6 Å². The minimum Gasteiger partial charge on any atom is -0.207 e. The molecule has 0 nitrogen and oxygen atoms in total. The van der Waals surface area contributed by atoms with E-state index in [1.54, 1.807) is 0 Å². The fourth-order valence-electron chi connectivity index (χ4n) is 1.30. The van der Waals surface area contributed by atoms with E-state index in [-0.39, 0.29) is 10.1 Å². The number of benzene rings is 1. The summed E-state index contributed by atoms with van der Waals surface area (Å²) in [6, 6.07) is 1.72. The number of rotatable bonds is 1. The van der Waals surface area contributed by atoms with Crippen molar-refractivity contribution in [1.82, 2.24) is 0 Å². The largest absolute Gasteiger partial charge is 0.264 e. The molecule has 1 heterocycles. The zero-order valence-electron chi connectivity index (χ0n) is 6.73. The molecule has 0 atom stereocenters. The monoisotopic (exact) mass is 220 g/mol. The lowest BCUT2D eigenvalue weighted by molar-refractivity contribution is 0.152. The molecule has 0 spiro atoms. The first kappa shape index (κ1) is 9.45. The van der Waals surface area contributed by atoms with Crippen molar-refractivity contribution in [3.05, 3.63) is 34.7 Å². The third-order valence-corrected chi connectivity index (χ3v) is 2.76. The molecule has 0 unspecified atom stereocenters. The number of alkyl halides is 2. The highest BCUT2D eigenvalue weighted by molar-refractivity contribution is 7.17. The normalized spacial score (nSPS) is 11.5. The van der Waals surface area contributed by atoms with Gasteiger partial charge < -0.3 is 0 Å². The van der Waals surface area contributed by atoms with Crippen LogP contribution in [0.15, 0.2) is 17.5 Å². The summed E-state index contributed by atoms with van der Waals surface area (Å²) in [6.45, 7) is 0. The summed E-state index contributed by atoms with van der Waals surface area (Å²) >= 11 is 0.911. The minimum absolute atomic E-state index is 0.175. The SMILES string of the molecule is Fc1cc(C(F)F)c2c(F)csc2c1. The van der Waals surface area contributed by atoms with Gasteiger partial charge in [0.1, 0.15) is 11.6 Å². The van der Waals surface area contributed by atoms with Crippen LogP contribution in [0.1, 0.15) is 12.0 Å². The first-order valence-electron chi connectivity index (χ1n) is 3.74. The molecule has 0 fully saturated rings. The zero-order valence-corrected chi connectivity index (χ0v) is 7.55. The van der Waals surface area contributed by atoms with Crippen molar-refractivity contribution in [3.8, 4) is 0 Å². The Labute approximate surface area is 80.8 Å². The summed E-state index contributed by atoms with van der Waals surface area (Å²) in [5, 5.41) is 0.919. The minimum atomic E-state index is -2.86. The van der Waals surface area contributed by atoms with Gasteiger partial charge in [0.25, 0.3) is 6.43 Å². The molecule has 0 saturated carbocycles. The van der Waals surface area contributed by atoms with E-state index in [4.69, 9.17) is 0 Å². The molecule has 2 aromatic rings. The van der Waals surface area contributed by atoms with Gasteiger partial charge in [0.05, 0.1) is 0 Å². The van der Waals surface area contributed by atoms with Crippen molar-refractivity contribution < 1.29 is 17.6 Å². The Hall–Kier alpha value is -1.10. The molecule has 1 aromatic carbocycles. The summed E-state index contributed by atoms with van der Waals surface area (Å²) < 4.78 is 50.9. The molecule has 0 amide bonds. The molecule has 0 radical (unpaired) electrons. The van der Waals surface area contributed by atoms with Crippen LogP contribution in [0.25, 0.3) is 10.1 Å². The van der Waals surface area contributed by atoms with Gasteiger partial charge >= 0.3 is 0 Å². The van der Waals surface area contributed by atoms with Crippen LogP contribution in [0, 0.1) is 11.6 Å². The van der Waals surface area contributed by atoms with Gasteiger partial charge in [-0.15, -0.1) is 11.3 Å². The van der Waals surface area contributed by atoms with Gasteiger partial charge in [-0.3, -0.25) is 0 Å². The van der Waals surface area contributed by atoms with Crippen molar-refractivity contribution in [1.29, 1.82) is 0 Å². The standard InChI is InChI=1S/C9H4F4S/c10-4-1-5(9(12)13)8-6(11)3-14-7(8)2-4/h1-3,9H. The Balaban J connectivity index is 2.83. The van der Waals surface area contributed by atoms with Crippen LogP contribution in [-0.4, -0.2) is 0 Å². The van der Waals surface area contributed by atoms with Crippen LogP contribution in [0.5, 0.6) is 0 Å². The predicted octanol–water partition coefficient (Wildman–Crippen LogP) is 4.12. The van der Waals surface area contributed by atoms with Crippen LogP contribution in [0.3, 0.4) is 0 Å². The molecule has 2 rings (SSSR count). The molecule has 1 aromatic heterocycles. The van der Waals surface area contributed by atoms with E-state index in [0.717, 1.165) is 22.8 Å². The molecule has 0 saturated heterocycles. The Morgan fingerprint density at radius 1 is 1.14 bits per heavy atom. The van der Waals surface area contributed by atoms with Gasteiger partial charge in [-0.2, -0.15) is 0 Å².